The zero-order chi connectivity index (χ0) is 14.9. The molecule has 2 rings (SSSR count). The Bertz CT molecular complexity index is 594. The highest BCUT2D eigenvalue weighted by molar-refractivity contribution is 9.09. The lowest BCUT2D eigenvalue weighted by atomic mass is 9.86. The van der Waals surface area contributed by atoms with Crippen molar-refractivity contribution in [3.63, 3.8) is 0 Å². The van der Waals surface area contributed by atoms with Crippen molar-refractivity contribution in [1.82, 2.24) is 0 Å². The lowest BCUT2D eigenvalue weighted by Crippen LogP contribution is -2.10. The first-order valence-corrected chi connectivity index (χ1v) is 7.71. The zero-order valence-corrected chi connectivity index (χ0v) is 14.0. The summed E-state index contributed by atoms with van der Waals surface area (Å²) in [5.74, 6) is -0.169. The third-order valence-electron chi connectivity index (χ3n) is 3.49. The highest BCUT2D eigenvalue weighted by Crippen LogP contribution is 2.34. The van der Waals surface area contributed by atoms with Gasteiger partial charge in [0.15, 0.2) is 0 Å². The van der Waals surface area contributed by atoms with Gasteiger partial charge in [0, 0.05) is 5.56 Å². The molecule has 0 spiro atoms. The van der Waals surface area contributed by atoms with E-state index in [1.54, 1.807) is 6.07 Å². The molecule has 1 unspecified atom stereocenters. The van der Waals surface area contributed by atoms with Crippen LogP contribution in [-0.2, 0) is 5.41 Å². The topological polar surface area (TPSA) is 0 Å². The molecule has 0 amide bonds. The summed E-state index contributed by atoms with van der Waals surface area (Å²) >= 11 is 3.61. The van der Waals surface area contributed by atoms with Crippen LogP contribution in [0.1, 0.15) is 47.9 Å². The fraction of sp³-hybridized carbons (Fsp3) is 0.333. The maximum atomic E-state index is 13.9. The van der Waals surface area contributed by atoms with Gasteiger partial charge in [-0.1, -0.05) is 78.7 Å². The molecule has 1 atom stereocenters. The van der Waals surface area contributed by atoms with E-state index < -0.39 is 0 Å². The third-order valence-corrected chi connectivity index (χ3v) is 4.52. The van der Waals surface area contributed by atoms with Crippen molar-refractivity contribution in [3.8, 4) is 0 Å². The predicted molar refractivity (Wildman–Crippen MR) is 87.0 cm³/mol. The van der Waals surface area contributed by atoms with Crippen LogP contribution in [0.4, 0.5) is 4.39 Å². The van der Waals surface area contributed by atoms with E-state index in [4.69, 9.17) is 0 Å². The Morgan fingerprint density at radius 1 is 1.00 bits per heavy atom. The number of hydrogen-bond donors (Lipinski definition) is 0. The van der Waals surface area contributed by atoms with Gasteiger partial charge < -0.3 is 0 Å². The van der Waals surface area contributed by atoms with Crippen LogP contribution in [0.15, 0.2) is 42.5 Å². The van der Waals surface area contributed by atoms with Crippen LogP contribution < -0.4 is 0 Å². The lowest BCUT2D eigenvalue weighted by molar-refractivity contribution is 0.589. The molecule has 0 bridgehead atoms. The van der Waals surface area contributed by atoms with Crippen molar-refractivity contribution in [2.75, 3.05) is 0 Å². The summed E-state index contributed by atoms with van der Waals surface area (Å²) in [5.41, 5.74) is 4.24. The first-order chi connectivity index (χ1) is 9.29. The van der Waals surface area contributed by atoms with Gasteiger partial charge in [-0.2, -0.15) is 0 Å². The predicted octanol–water partition coefficient (Wildman–Crippen LogP) is 5.92. The average molecular weight is 335 g/mol. The third kappa shape index (κ3) is 3.29. The molecule has 0 saturated heterocycles. The fourth-order valence-corrected chi connectivity index (χ4v) is 2.85. The standard InChI is InChI=1S/C18H20BrF/c1-12-5-10-16(20)15(11-12)17(19)13-6-8-14(9-7-13)18(2,3)4/h5-11,17H,1-4H3. The maximum absolute atomic E-state index is 13.9. The van der Waals surface area contributed by atoms with Crippen molar-refractivity contribution < 1.29 is 4.39 Å². The molecule has 0 nitrogen and oxygen atoms in total. The minimum Gasteiger partial charge on any atom is -0.207 e. The summed E-state index contributed by atoms with van der Waals surface area (Å²) in [5, 5.41) is 0. The molecule has 0 radical (unpaired) electrons. The molecule has 2 heteroatoms. The van der Waals surface area contributed by atoms with Crippen LogP contribution in [0, 0.1) is 12.7 Å². The number of hydrogen-bond acceptors (Lipinski definition) is 0. The second-order valence-electron chi connectivity index (χ2n) is 6.26. The van der Waals surface area contributed by atoms with E-state index >= 15 is 0 Å². The molecule has 2 aromatic carbocycles. The van der Waals surface area contributed by atoms with E-state index in [1.807, 2.05) is 13.0 Å². The van der Waals surface area contributed by atoms with Crippen molar-refractivity contribution >= 4 is 15.9 Å². The van der Waals surface area contributed by atoms with Gasteiger partial charge in [-0.15, -0.1) is 0 Å². The molecular formula is C18H20BrF. The van der Waals surface area contributed by atoms with Crippen molar-refractivity contribution in [3.05, 3.63) is 70.5 Å². The van der Waals surface area contributed by atoms with Gasteiger partial charge in [0.05, 0.1) is 4.83 Å². The summed E-state index contributed by atoms with van der Waals surface area (Å²) in [4.78, 5) is -0.114. The summed E-state index contributed by atoms with van der Waals surface area (Å²) in [6, 6.07) is 13.6. The zero-order valence-electron chi connectivity index (χ0n) is 12.4. The van der Waals surface area contributed by atoms with Crippen molar-refractivity contribution in [2.45, 2.75) is 37.9 Å². The maximum Gasteiger partial charge on any atom is 0.127 e. The van der Waals surface area contributed by atoms with E-state index in [1.165, 1.54) is 11.6 Å². The van der Waals surface area contributed by atoms with Crippen LogP contribution in [0.2, 0.25) is 0 Å². The van der Waals surface area contributed by atoms with E-state index in [-0.39, 0.29) is 16.1 Å². The molecule has 0 aromatic heterocycles. The Balaban J connectivity index is 2.34. The first-order valence-electron chi connectivity index (χ1n) is 6.79. The number of benzene rings is 2. The minimum atomic E-state index is -0.169. The normalized spacial score (nSPS) is 13.3. The Labute approximate surface area is 129 Å². The Hall–Kier alpha value is -1.15. The van der Waals surface area contributed by atoms with Gasteiger partial charge in [0.1, 0.15) is 5.82 Å². The monoisotopic (exact) mass is 334 g/mol. The Kier molecular flexibility index (Phi) is 4.33. The van der Waals surface area contributed by atoms with Crippen LogP contribution in [0.3, 0.4) is 0 Å². The van der Waals surface area contributed by atoms with Crippen molar-refractivity contribution in [1.29, 1.82) is 0 Å². The summed E-state index contributed by atoms with van der Waals surface area (Å²) in [6.45, 7) is 8.54. The second kappa shape index (κ2) is 5.69. The molecule has 106 valence electrons. The quantitative estimate of drug-likeness (QED) is 0.598. The Morgan fingerprint density at radius 2 is 1.60 bits per heavy atom. The van der Waals surface area contributed by atoms with Crippen LogP contribution >= 0.6 is 15.9 Å². The first kappa shape index (κ1) is 15.2. The molecule has 20 heavy (non-hydrogen) atoms. The van der Waals surface area contributed by atoms with Gasteiger partial charge in [-0.25, -0.2) is 4.39 Å². The highest BCUT2D eigenvalue weighted by atomic mass is 79.9. The number of alkyl halides is 1. The van der Waals surface area contributed by atoms with Crippen LogP contribution in [-0.4, -0.2) is 0 Å². The van der Waals surface area contributed by atoms with Crippen LogP contribution in [0.25, 0.3) is 0 Å². The molecule has 0 aliphatic heterocycles. The molecule has 0 heterocycles. The largest absolute Gasteiger partial charge is 0.207 e. The van der Waals surface area contributed by atoms with Gasteiger partial charge in [-0.3, -0.25) is 0 Å². The van der Waals surface area contributed by atoms with E-state index in [2.05, 4.69) is 61.0 Å². The van der Waals surface area contributed by atoms with Crippen LogP contribution in [0.5, 0.6) is 0 Å². The number of rotatable bonds is 2. The molecule has 2 aromatic rings. The molecule has 0 fully saturated rings. The van der Waals surface area contributed by atoms with E-state index in [0.29, 0.717) is 5.56 Å². The summed E-state index contributed by atoms with van der Waals surface area (Å²) in [7, 11) is 0. The number of aryl methyl sites for hydroxylation is 1. The van der Waals surface area contributed by atoms with Gasteiger partial charge in [0.25, 0.3) is 0 Å². The molecule has 0 saturated carbocycles. The molecular weight excluding hydrogens is 315 g/mol. The summed E-state index contributed by atoms with van der Waals surface area (Å²) < 4.78 is 13.9. The Morgan fingerprint density at radius 3 is 2.15 bits per heavy atom. The average Bonchev–Trinajstić information content (AvgIpc) is 2.40. The van der Waals surface area contributed by atoms with E-state index in [0.717, 1.165) is 11.1 Å². The second-order valence-corrected chi connectivity index (χ2v) is 7.18. The SMILES string of the molecule is Cc1ccc(F)c(C(Br)c2ccc(C(C)(C)C)cc2)c1. The number of halogens is 2. The van der Waals surface area contributed by atoms with Gasteiger partial charge >= 0.3 is 0 Å². The van der Waals surface area contributed by atoms with Gasteiger partial charge in [-0.05, 0) is 29.5 Å². The smallest absolute Gasteiger partial charge is 0.127 e. The van der Waals surface area contributed by atoms with Crippen molar-refractivity contribution in [2.24, 2.45) is 0 Å². The lowest BCUT2D eigenvalue weighted by Gasteiger charge is -2.20. The van der Waals surface area contributed by atoms with Gasteiger partial charge in [0.2, 0.25) is 0 Å². The molecule has 0 N–H and O–H groups in total. The summed E-state index contributed by atoms with van der Waals surface area (Å²) in [6.07, 6.45) is 0. The minimum absolute atomic E-state index is 0.114. The molecule has 0 aliphatic rings. The molecule has 0 aliphatic carbocycles. The highest BCUT2D eigenvalue weighted by Gasteiger charge is 2.17. The fourth-order valence-electron chi connectivity index (χ4n) is 2.19. The van der Waals surface area contributed by atoms with E-state index in [9.17, 15) is 4.39 Å².